The van der Waals surface area contributed by atoms with E-state index in [1.54, 1.807) is 24.3 Å². The van der Waals surface area contributed by atoms with E-state index >= 15 is 0 Å². The third-order valence-corrected chi connectivity index (χ3v) is 3.06. The van der Waals surface area contributed by atoms with Gasteiger partial charge in [0.05, 0.1) is 0 Å². The molecule has 2 aromatic rings. The summed E-state index contributed by atoms with van der Waals surface area (Å²) >= 11 is 3.35. The fourth-order valence-electron chi connectivity index (χ4n) is 1.48. The number of aliphatic carboxylic acids is 1. The van der Waals surface area contributed by atoms with Gasteiger partial charge in [-0.15, -0.1) is 0 Å². The average Bonchev–Trinajstić information content (AvgIpc) is 2.43. The van der Waals surface area contributed by atoms with Crippen molar-refractivity contribution in [2.24, 2.45) is 0 Å². The Bertz CT molecular complexity index is 578. The topological polar surface area (TPSA) is 55.8 Å². The highest BCUT2D eigenvalue weighted by molar-refractivity contribution is 9.10. The quantitative estimate of drug-likeness (QED) is 0.893. The summed E-state index contributed by atoms with van der Waals surface area (Å²) in [5, 5.41) is 8.76. The fourth-order valence-corrected chi connectivity index (χ4v) is 1.74. The molecule has 0 saturated heterocycles. The molecule has 0 radical (unpaired) electrons. The van der Waals surface area contributed by atoms with E-state index in [0.717, 1.165) is 10.2 Å². The van der Waals surface area contributed by atoms with Crippen molar-refractivity contribution in [1.82, 2.24) is 0 Å². The van der Waals surface area contributed by atoms with Gasteiger partial charge in [-0.05, 0) is 55.5 Å². The van der Waals surface area contributed by atoms with Crippen LogP contribution in [0.3, 0.4) is 0 Å². The molecule has 1 N–H and O–H groups in total. The first-order valence-electron chi connectivity index (χ1n) is 5.97. The van der Waals surface area contributed by atoms with E-state index in [2.05, 4.69) is 15.9 Å². The van der Waals surface area contributed by atoms with Crippen molar-refractivity contribution in [2.75, 3.05) is 0 Å². The largest absolute Gasteiger partial charge is 0.479 e. The molecule has 1 atom stereocenters. The highest BCUT2D eigenvalue weighted by atomic mass is 79.9. The summed E-state index contributed by atoms with van der Waals surface area (Å²) in [5.74, 6) is 0.867. The number of carbonyl (C=O) groups is 1. The molecule has 2 rings (SSSR count). The summed E-state index contributed by atoms with van der Waals surface area (Å²) in [6, 6.07) is 14.3. The van der Waals surface area contributed by atoms with E-state index in [4.69, 9.17) is 14.6 Å². The van der Waals surface area contributed by atoms with Gasteiger partial charge in [-0.1, -0.05) is 15.9 Å². The lowest BCUT2D eigenvalue weighted by molar-refractivity contribution is -0.144. The van der Waals surface area contributed by atoms with Crippen LogP contribution < -0.4 is 9.47 Å². The molecule has 0 saturated carbocycles. The number of rotatable bonds is 5. The molecule has 0 heterocycles. The van der Waals surface area contributed by atoms with E-state index in [0.29, 0.717) is 11.5 Å². The SMILES string of the molecule is CC(Oc1ccc(Oc2ccc(Br)cc2)cc1)C(=O)O. The second kappa shape index (κ2) is 6.43. The molecule has 1 unspecified atom stereocenters. The molecule has 2 aromatic carbocycles. The Balaban J connectivity index is 2.01. The monoisotopic (exact) mass is 336 g/mol. The maximum Gasteiger partial charge on any atom is 0.344 e. The number of hydrogen-bond donors (Lipinski definition) is 1. The van der Waals surface area contributed by atoms with Crippen LogP contribution >= 0.6 is 15.9 Å². The van der Waals surface area contributed by atoms with Gasteiger partial charge in [-0.2, -0.15) is 0 Å². The van der Waals surface area contributed by atoms with Crippen molar-refractivity contribution < 1.29 is 19.4 Å². The lowest BCUT2D eigenvalue weighted by Gasteiger charge is -2.11. The predicted octanol–water partition coefficient (Wildman–Crippen LogP) is 4.09. The summed E-state index contributed by atoms with van der Waals surface area (Å²) in [4.78, 5) is 10.7. The average molecular weight is 337 g/mol. The van der Waals surface area contributed by atoms with Crippen LogP contribution in [-0.2, 0) is 4.79 Å². The molecule has 0 spiro atoms. The number of benzene rings is 2. The van der Waals surface area contributed by atoms with Crippen LogP contribution in [0.5, 0.6) is 17.2 Å². The van der Waals surface area contributed by atoms with E-state index in [1.165, 1.54) is 6.92 Å². The summed E-state index contributed by atoms with van der Waals surface area (Å²) in [6.07, 6.45) is -0.881. The number of hydrogen-bond acceptors (Lipinski definition) is 3. The Morgan fingerprint density at radius 3 is 1.95 bits per heavy atom. The van der Waals surface area contributed by atoms with E-state index in [-0.39, 0.29) is 0 Å². The highest BCUT2D eigenvalue weighted by Crippen LogP contribution is 2.25. The summed E-state index contributed by atoms with van der Waals surface area (Å²) in [5.41, 5.74) is 0. The fraction of sp³-hybridized carbons (Fsp3) is 0.133. The summed E-state index contributed by atoms with van der Waals surface area (Å²) in [7, 11) is 0. The zero-order valence-electron chi connectivity index (χ0n) is 10.7. The van der Waals surface area contributed by atoms with Crippen LogP contribution in [-0.4, -0.2) is 17.2 Å². The first kappa shape index (κ1) is 14.4. The van der Waals surface area contributed by atoms with Crippen LogP contribution in [0.25, 0.3) is 0 Å². The molecule has 0 fully saturated rings. The van der Waals surface area contributed by atoms with Crippen molar-refractivity contribution >= 4 is 21.9 Å². The van der Waals surface area contributed by atoms with Gasteiger partial charge in [0, 0.05) is 4.47 Å². The Labute approximate surface area is 125 Å². The van der Waals surface area contributed by atoms with E-state index < -0.39 is 12.1 Å². The van der Waals surface area contributed by atoms with Gasteiger partial charge < -0.3 is 14.6 Å². The first-order valence-corrected chi connectivity index (χ1v) is 6.77. The van der Waals surface area contributed by atoms with Crippen LogP contribution in [0.4, 0.5) is 0 Å². The zero-order chi connectivity index (χ0) is 14.5. The zero-order valence-corrected chi connectivity index (χ0v) is 12.3. The van der Waals surface area contributed by atoms with Crippen molar-refractivity contribution in [2.45, 2.75) is 13.0 Å². The van der Waals surface area contributed by atoms with Crippen molar-refractivity contribution in [1.29, 1.82) is 0 Å². The third kappa shape index (κ3) is 3.99. The molecule has 0 aliphatic carbocycles. The first-order chi connectivity index (χ1) is 9.54. The molecule has 0 aliphatic rings. The van der Waals surface area contributed by atoms with Gasteiger partial charge in [0.25, 0.3) is 0 Å². The molecular weight excluding hydrogens is 324 g/mol. The Morgan fingerprint density at radius 1 is 1.00 bits per heavy atom. The minimum Gasteiger partial charge on any atom is -0.479 e. The minimum absolute atomic E-state index is 0.489. The van der Waals surface area contributed by atoms with Gasteiger partial charge in [0.2, 0.25) is 0 Å². The maximum atomic E-state index is 10.7. The predicted molar refractivity (Wildman–Crippen MR) is 78.4 cm³/mol. The molecule has 0 aliphatic heterocycles. The number of carboxylic acids is 1. The molecule has 20 heavy (non-hydrogen) atoms. The Morgan fingerprint density at radius 2 is 1.45 bits per heavy atom. The molecular formula is C15H13BrO4. The molecule has 0 amide bonds. The van der Waals surface area contributed by atoms with Gasteiger partial charge in [-0.3, -0.25) is 0 Å². The molecule has 0 aromatic heterocycles. The second-order valence-corrected chi connectivity index (χ2v) is 5.04. The minimum atomic E-state index is -1.000. The van der Waals surface area contributed by atoms with Crippen molar-refractivity contribution in [3.63, 3.8) is 0 Å². The lowest BCUT2D eigenvalue weighted by atomic mass is 10.3. The van der Waals surface area contributed by atoms with E-state index in [1.807, 2.05) is 24.3 Å². The Hall–Kier alpha value is -2.01. The standard InChI is InChI=1S/C15H13BrO4/c1-10(15(17)18)19-12-6-8-14(9-7-12)20-13-4-2-11(16)3-5-13/h2-10H,1H3,(H,17,18). The molecule has 5 heteroatoms. The number of halogens is 1. The number of ether oxygens (including phenoxy) is 2. The Kier molecular flexibility index (Phi) is 4.63. The smallest absolute Gasteiger partial charge is 0.344 e. The number of carboxylic acid groups (broad SMARTS) is 1. The second-order valence-electron chi connectivity index (χ2n) is 4.13. The van der Waals surface area contributed by atoms with Crippen LogP contribution in [0.1, 0.15) is 6.92 Å². The van der Waals surface area contributed by atoms with Gasteiger partial charge in [0.1, 0.15) is 17.2 Å². The van der Waals surface area contributed by atoms with Gasteiger partial charge in [0.15, 0.2) is 6.10 Å². The molecule has 0 bridgehead atoms. The maximum absolute atomic E-state index is 10.7. The summed E-state index contributed by atoms with van der Waals surface area (Å²) in [6.45, 7) is 1.48. The lowest BCUT2D eigenvalue weighted by Crippen LogP contribution is -2.22. The van der Waals surface area contributed by atoms with Gasteiger partial charge >= 0.3 is 5.97 Å². The van der Waals surface area contributed by atoms with Gasteiger partial charge in [-0.25, -0.2) is 4.79 Å². The third-order valence-electron chi connectivity index (χ3n) is 2.53. The van der Waals surface area contributed by atoms with Crippen LogP contribution in [0.15, 0.2) is 53.0 Å². The molecule has 104 valence electrons. The molecule has 4 nitrogen and oxygen atoms in total. The van der Waals surface area contributed by atoms with Crippen LogP contribution in [0.2, 0.25) is 0 Å². The van der Waals surface area contributed by atoms with Crippen LogP contribution in [0, 0.1) is 0 Å². The highest BCUT2D eigenvalue weighted by Gasteiger charge is 2.12. The normalized spacial score (nSPS) is 11.7. The van der Waals surface area contributed by atoms with Crippen molar-refractivity contribution in [3.8, 4) is 17.2 Å². The summed E-state index contributed by atoms with van der Waals surface area (Å²) < 4.78 is 11.9. The van der Waals surface area contributed by atoms with Crippen molar-refractivity contribution in [3.05, 3.63) is 53.0 Å². The van der Waals surface area contributed by atoms with E-state index in [9.17, 15) is 4.79 Å².